The summed E-state index contributed by atoms with van der Waals surface area (Å²) in [6, 6.07) is 3.77. The summed E-state index contributed by atoms with van der Waals surface area (Å²) in [5, 5.41) is 7.73. The van der Waals surface area contributed by atoms with Gasteiger partial charge in [-0.15, -0.1) is 10.2 Å². The van der Waals surface area contributed by atoms with E-state index in [-0.39, 0.29) is 0 Å². The fraction of sp³-hybridized carbons (Fsp3) is 0.333. The van der Waals surface area contributed by atoms with Gasteiger partial charge in [0.15, 0.2) is 0 Å². The topological polar surface area (TPSA) is 73.1 Å². The van der Waals surface area contributed by atoms with E-state index in [4.69, 9.17) is 10.2 Å². The second-order valence-corrected chi connectivity index (χ2v) is 3.36. The minimum atomic E-state index is 0.375. The lowest BCUT2D eigenvalue weighted by atomic mass is 10.5. The standard InChI is InChI=1S/C9H13N5O/c1-6-4-5-7(15-6)13(2)9-12-11-8(10)14(9)3/h4-5H,1-3H3,(H2,10,11). The molecule has 0 radical (unpaired) electrons. The lowest BCUT2D eigenvalue weighted by Gasteiger charge is -2.13. The summed E-state index contributed by atoms with van der Waals surface area (Å²) in [4.78, 5) is 1.79. The van der Waals surface area contributed by atoms with Crippen LogP contribution < -0.4 is 10.6 Å². The minimum Gasteiger partial charge on any atom is -0.445 e. The second kappa shape index (κ2) is 3.30. The van der Waals surface area contributed by atoms with Crippen LogP contribution in [0.25, 0.3) is 0 Å². The van der Waals surface area contributed by atoms with Crippen molar-refractivity contribution < 1.29 is 4.42 Å². The Hall–Kier alpha value is -1.98. The number of nitrogens with two attached hydrogens (primary N) is 1. The molecule has 0 aromatic carbocycles. The molecule has 0 amide bonds. The van der Waals surface area contributed by atoms with E-state index in [1.807, 2.05) is 26.1 Å². The van der Waals surface area contributed by atoms with Crippen molar-refractivity contribution in [3.63, 3.8) is 0 Å². The van der Waals surface area contributed by atoms with Gasteiger partial charge < -0.3 is 10.2 Å². The molecule has 0 aliphatic rings. The molecule has 0 unspecified atom stereocenters. The van der Waals surface area contributed by atoms with Crippen LogP contribution in [0.15, 0.2) is 16.5 Å². The molecule has 2 aromatic rings. The van der Waals surface area contributed by atoms with E-state index in [1.54, 1.807) is 16.5 Å². The quantitative estimate of drug-likeness (QED) is 0.797. The molecule has 2 aromatic heterocycles. The SMILES string of the molecule is Cc1ccc(N(C)c2nnc(N)n2C)o1. The Kier molecular flexibility index (Phi) is 2.11. The summed E-state index contributed by atoms with van der Waals surface area (Å²) >= 11 is 0. The first-order valence-electron chi connectivity index (χ1n) is 4.54. The molecule has 0 saturated heterocycles. The zero-order chi connectivity index (χ0) is 11.0. The van der Waals surface area contributed by atoms with E-state index < -0.39 is 0 Å². The number of nitrogen functional groups attached to an aromatic ring is 1. The molecule has 6 heteroatoms. The van der Waals surface area contributed by atoms with Crippen LogP contribution >= 0.6 is 0 Å². The van der Waals surface area contributed by atoms with Crippen LogP contribution in [0, 0.1) is 6.92 Å². The smallest absolute Gasteiger partial charge is 0.235 e. The molecule has 0 aliphatic carbocycles. The van der Waals surface area contributed by atoms with Crippen LogP contribution in [0.1, 0.15) is 5.76 Å². The number of nitrogens with zero attached hydrogens (tertiary/aromatic N) is 4. The molecule has 80 valence electrons. The summed E-state index contributed by atoms with van der Waals surface area (Å²) in [5.74, 6) is 2.58. The molecule has 0 aliphatic heterocycles. The highest BCUT2D eigenvalue weighted by molar-refractivity contribution is 5.51. The van der Waals surface area contributed by atoms with E-state index >= 15 is 0 Å². The number of hydrogen-bond acceptors (Lipinski definition) is 5. The van der Waals surface area contributed by atoms with Crippen molar-refractivity contribution in [1.82, 2.24) is 14.8 Å². The van der Waals surface area contributed by atoms with Crippen molar-refractivity contribution in [2.24, 2.45) is 7.05 Å². The highest BCUT2D eigenvalue weighted by atomic mass is 16.4. The molecule has 0 atom stereocenters. The molecule has 0 saturated carbocycles. The Labute approximate surface area is 87.3 Å². The molecular formula is C9H13N5O. The third-order valence-corrected chi connectivity index (χ3v) is 2.24. The van der Waals surface area contributed by atoms with E-state index in [9.17, 15) is 0 Å². The van der Waals surface area contributed by atoms with Gasteiger partial charge in [-0.25, -0.2) is 0 Å². The monoisotopic (exact) mass is 207 g/mol. The normalized spacial score (nSPS) is 10.6. The van der Waals surface area contributed by atoms with E-state index in [1.165, 1.54) is 0 Å². The number of aryl methyl sites for hydroxylation is 1. The second-order valence-electron chi connectivity index (χ2n) is 3.36. The van der Waals surface area contributed by atoms with Crippen LogP contribution in [-0.2, 0) is 7.05 Å². The largest absolute Gasteiger partial charge is 0.445 e. The molecule has 0 bridgehead atoms. The van der Waals surface area contributed by atoms with Crippen molar-refractivity contribution >= 4 is 17.8 Å². The molecule has 2 rings (SSSR count). The van der Waals surface area contributed by atoms with Crippen molar-refractivity contribution in [2.45, 2.75) is 6.92 Å². The van der Waals surface area contributed by atoms with Crippen LogP contribution in [0.4, 0.5) is 17.8 Å². The first kappa shape index (κ1) is 9.57. The van der Waals surface area contributed by atoms with Gasteiger partial charge in [-0.1, -0.05) is 0 Å². The van der Waals surface area contributed by atoms with Gasteiger partial charge in [-0.2, -0.15) is 0 Å². The van der Waals surface area contributed by atoms with Gasteiger partial charge in [0.05, 0.1) is 0 Å². The predicted octanol–water partition coefficient (Wildman–Crippen LogP) is 1.07. The van der Waals surface area contributed by atoms with Gasteiger partial charge in [0.25, 0.3) is 0 Å². The number of aromatic nitrogens is 3. The number of furan rings is 1. The number of anilines is 3. The maximum absolute atomic E-state index is 5.59. The third kappa shape index (κ3) is 1.54. The van der Waals surface area contributed by atoms with Crippen molar-refractivity contribution in [2.75, 3.05) is 17.7 Å². The zero-order valence-electron chi connectivity index (χ0n) is 8.93. The summed E-state index contributed by atoms with van der Waals surface area (Å²) in [6.45, 7) is 1.89. The molecule has 6 nitrogen and oxygen atoms in total. The third-order valence-electron chi connectivity index (χ3n) is 2.24. The first-order chi connectivity index (χ1) is 7.09. The summed E-state index contributed by atoms with van der Waals surface area (Å²) in [7, 11) is 3.65. The highest BCUT2D eigenvalue weighted by Gasteiger charge is 2.14. The van der Waals surface area contributed by atoms with E-state index in [2.05, 4.69) is 10.2 Å². The van der Waals surface area contributed by atoms with Gasteiger partial charge in [0, 0.05) is 20.2 Å². The van der Waals surface area contributed by atoms with Gasteiger partial charge in [0.2, 0.25) is 17.8 Å². The summed E-state index contributed by atoms with van der Waals surface area (Å²) < 4.78 is 7.16. The van der Waals surface area contributed by atoms with E-state index in [0.717, 1.165) is 5.76 Å². The summed E-state index contributed by atoms with van der Waals surface area (Å²) in [5.41, 5.74) is 5.59. The van der Waals surface area contributed by atoms with Crippen LogP contribution in [0.2, 0.25) is 0 Å². The Morgan fingerprint density at radius 2 is 2.13 bits per heavy atom. The van der Waals surface area contributed by atoms with Crippen LogP contribution in [-0.4, -0.2) is 21.8 Å². The lowest BCUT2D eigenvalue weighted by Crippen LogP contribution is -2.14. The lowest BCUT2D eigenvalue weighted by molar-refractivity contribution is 0.535. The van der Waals surface area contributed by atoms with Gasteiger partial charge >= 0.3 is 0 Å². The van der Waals surface area contributed by atoms with Crippen molar-refractivity contribution in [1.29, 1.82) is 0 Å². The molecule has 2 N–H and O–H groups in total. The van der Waals surface area contributed by atoms with E-state index in [0.29, 0.717) is 17.8 Å². The van der Waals surface area contributed by atoms with Gasteiger partial charge in [0.1, 0.15) is 5.76 Å². The van der Waals surface area contributed by atoms with Crippen LogP contribution in [0.5, 0.6) is 0 Å². The minimum absolute atomic E-state index is 0.375. The predicted molar refractivity (Wildman–Crippen MR) is 56.9 cm³/mol. The molecular weight excluding hydrogens is 194 g/mol. The Morgan fingerprint density at radius 1 is 1.40 bits per heavy atom. The fourth-order valence-corrected chi connectivity index (χ4v) is 1.33. The Morgan fingerprint density at radius 3 is 2.60 bits per heavy atom. The number of hydrogen-bond donors (Lipinski definition) is 1. The van der Waals surface area contributed by atoms with Gasteiger partial charge in [-0.3, -0.25) is 9.47 Å². The average Bonchev–Trinajstić information content (AvgIpc) is 2.75. The Balaban J connectivity index is 2.36. The summed E-state index contributed by atoms with van der Waals surface area (Å²) in [6.07, 6.45) is 0. The first-order valence-corrected chi connectivity index (χ1v) is 4.54. The van der Waals surface area contributed by atoms with Gasteiger partial charge in [-0.05, 0) is 13.0 Å². The maximum atomic E-state index is 5.59. The zero-order valence-corrected chi connectivity index (χ0v) is 8.93. The highest BCUT2D eigenvalue weighted by Crippen LogP contribution is 2.23. The molecule has 15 heavy (non-hydrogen) atoms. The maximum Gasteiger partial charge on any atom is 0.235 e. The number of rotatable bonds is 2. The molecule has 0 spiro atoms. The van der Waals surface area contributed by atoms with Crippen molar-refractivity contribution in [3.8, 4) is 0 Å². The molecule has 2 heterocycles. The average molecular weight is 207 g/mol. The Bertz CT molecular complexity index is 473. The fourth-order valence-electron chi connectivity index (χ4n) is 1.33. The van der Waals surface area contributed by atoms with Crippen LogP contribution in [0.3, 0.4) is 0 Å². The molecule has 0 fully saturated rings. The van der Waals surface area contributed by atoms with Crippen molar-refractivity contribution in [3.05, 3.63) is 17.9 Å².